The summed E-state index contributed by atoms with van der Waals surface area (Å²) in [6.07, 6.45) is 3.63. The smallest absolute Gasteiger partial charge is 0.337 e. The summed E-state index contributed by atoms with van der Waals surface area (Å²) in [4.78, 5) is 19.1. The molecule has 0 saturated heterocycles. The fourth-order valence-corrected chi connectivity index (χ4v) is 4.98. The molecule has 0 saturated carbocycles. The van der Waals surface area contributed by atoms with Crippen LogP contribution in [0.25, 0.3) is 10.2 Å². The van der Waals surface area contributed by atoms with E-state index >= 15 is 0 Å². The molecule has 26 heavy (non-hydrogen) atoms. The van der Waals surface area contributed by atoms with Crippen molar-refractivity contribution in [2.45, 2.75) is 85.9 Å². The van der Waals surface area contributed by atoms with Gasteiger partial charge >= 0.3 is 5.97 Å². The minimum atomic E-state index is -0.985. The Hall–Kier alpha value is -1.46. The van der Waals surface area contributed by atoms with E-state index in [-0.39, 0.29) is 0 Å². The maximum absolute atomic E-state index is 11.9. The molecular weight excluding hydrogens is 346 g/mol. The average Bonchev–Trinajstić information content (AvgIpc) is 2.92. The van der Waals surface area contributed by atoms with Gasteiger partial charge in [-0.05, 0) is 71.4 Å². The van der Waals surface area contributed by atoms with E-state index in [1.54, 1.807) is 11.3 Å². The van der Waals surface area contributed by atoms with E-state index in [1.807, 2.05) is 48.5 Å². The van der Waals surface area contributed by atoms with Crippen LogP contribution in [0.4, 0.5) is 0 Å². The molecular formula is C21H31NO3S. The van der Waals surface area contributed by atoms with Crippen molar-refractivity contribution in [3.63, 3.8) is 0 Å². The average molecular weight is 378 g/mol. The van der Waals surface area contributed by atoms with E-state index in [9.17, 15) is 9.90 Å². The fourth-order valence-electron chi connectivity index (χ4n) is 3.61. The summed E-state index contributed by atoms with van der Waals surface area (Å²) < 4.78 is 5.88. The third-order valence-electron chi connectivity index (χ3n) is 4.55. The highest BCUT2D eigenvalue weighted by atomic mass is 32.1. The molecule has 0 amide bonds. The van der Waals surface area contributed by atoms with Gasteiger partial charge in [-0.15, -0.1) is 11.3 Å². The first-order valence-corrected chi connectivity index (χ1v) is 10.3. The third kappa shape index (κ3) is 4.09. The number of hydrogen-bond acceptors (Lipinski definition) is 4. The van der Waals surface area contributed by atoms with Crippen molar-refractivity contribution >= 4 is 27.5 Å². The van der Waals surface area contributed by atoms with Crippen molar-refractivity contribution in [3.8, 4) is 0 Å². The summed E-state index contributed by atoms with van der Waals surface area (Å²) in [6.45, 7) is 13.6. The van der Waals surface area contributed by atoms with E-state index in [2.05, 4.69) is 0 Å². The molecule has 1 N–H and O–H groups in total. The number of nitrogens with zero attached hydrogens (tertiary/aromatic N) is 1. The number of carboxylic acids is 1. The Labute approximate surface area is 160 Å². The first-order chi connectivity index (χ1) is 12.2. The van der Waals surface area contributed by atoms with Gasteiger partial charge in [0.25, 0.3) is 0 Å². The second kappa shape index (κ2) is 8.05. The normalized spacial score (nSPS) is 15.2. The number of thiophene rings is 1. The zero-order chi connectivity index (χ0) is 19.6. The molecule has 0 fully saturated rings. The summed E-state index contributed by atoms with van der Waals surface area (Å²) in [6, 6.07) is 0. The lowest BCUT2D eigenvalue weighted by Gasteiger charge is -2.27. The fraction of sp³-hybridized carbons (Fsp3) is 0.619. The summed E-state index contributed by atoms with van der Waals surface area (Å²) >= 11 is 1.77. The van der Waals surface area contributed by atoms with Crippen LogP contribution in [0.3, 0.4) is 0 Å². The molecule has 2 aromatic heterocycles. The Morgan fingerprint density at radius 1 is 1.19 bits per heavy atom. The van der Waals surface area contributed by atoms with Gasteiger partial charge in [0, 0.05) is 21.5 Å². The minimum absolute atomic E-state index is 0.537. The quantitative estimate of drug-likeness (QED) is 0.739. The van der Waals surface area contributed by atoms with Crippen LogP contribution in [0, 0.1) is 13.8 Å². The highest BCUT2D eigenvalue weighted by Crippen LogP contribution is 2.41. The maximum Gasteiger partial charge on any atom is 0.337 e. The molecule has 1 unspecified atom stereocenters. The van der Waals surface area contributed by atoms with Gasteiger partial charge in [0.15, 0.2) is 6.10 Å². The Kier molecular flexibility index (Phi) is 6.46. The Morgan fingerprint density at radius 3 is 2.38 bits per heavy atom. The Morgan fingerprint density at radius 2 is 1.81 bits per heavy atom. The second-order valence-electron chi connectivity index (χ2n) is 7.58. The van der Waals surface area contributed by atoms with Gasteiger partial charge in [-0.3, -0.25) is 0 Å². The lowest BCUT2D eigenvalue weighted by Crippen LogP contribution is -2.28. The molecule has 2 aromatic rings. The number of aryl methyl sites for hydroxylation is 4. The van der Waals surface area contributed by atoms with E-state index in [0.29, 0.717) is 0 Å². The molecule has 1 aliphatic carbocycles. The van der Waals surface area contributed by atoms with Crippen LogP contribution >= 0.6 is 11.3 Å². The zero-order valence-electron chi connectivity index (χ0n) is 17.0. The maximum atomic E-state index is 11.9. The number of rotatable bonds is 3. The van der Waals surface area contributed by atoms with E-state index in [1.165, 1.54) is 28.7 Å². The number of aliphatic carboxylic acids is 1. The van der Waals surface area contributed by atoms with Crippen molar-refractivity contribution in [3.05, 3.63) is 27.3 Å². The lowest BCUT2D eigenvalue weighted by atomic mass is 9.92. The van der Waals surface area contributed by atoms with Gasteiger partial charge in [-0.25, -0.2) is 9.78 Å². The topological polar surface area (TPSA) is 59.4 Å². The van der Waals surface area contributed by atoms with E-state index in [0.717, 1.165) is 34.5 Å². The van der Waals surface area contributed by atoms with Gasteiger partial charge in [-0.2, -0.15) is 0 Å². The second-order valence-corrected chi connectivity index (χ2v) is 8.66. The molecule has 0 spiro atoms. The summed E-state index contributed by atoms with van der Waals surface area (Å²) in [5, 5.41) is 10.9. The zero-order valence-corrected chi connectivity index (χ0v) is 17.8. The first kappa shape index (κ1) is 20.8. The monoisotopic (exact) mass is 377 g/mol. The van der Waals surface area contributed by atoms with Crippen LogP contribution in [0.2, 0.25) is 0 Å². The summed E-state index contributed by atoms with van der Waals surface area (Å²) in [5.41, 5.74) is 3.35. The SMILES string of the molecule is CC.Cc1nc2sc3c(c2c(C)c1C(OC(C)(C)C)C(=O)O)CCCC3. The van der Waals surface area contributed by atoms with Gasteiger partial charge < -0.3 is 9.84 Å². The molecule has 0 aliphatic heterocycles. The number of carboxylic acid groups (broad SMARTS) is 1. The van der Waals surface area contributed by atoms with E-state index < -0.39 is 17.7 Å². The molecule has 1 aliphatic rings. The molecule has 1 atom stereocenters. The molecule has 3 rings (SSSR count). The lowest BCUT2D eigenvalue weighted by molar-refractivity contribution is -0.160. The number of hydrogen-bond donors (Lipinski definition) is 1. The van der Waals surface area contributed by atoms with Crippen molar-refractivity contribution in [1.29, 1.82) is 0 Å². The van der Waals surface area contributed by atoms with Crippen LogP contribution in [-0.4, -0.2) is 21.7 Å². The molecule has 4 nitrogen and oxygen atoms in total. The Bertz CT molecular complexity index is 802. The number of aromatic nitrogens is 1. The van der Waals surface area contributed by atoms with Crippen molar-refractivity contribution in [2.75, 3.05) is 0 Å². The van der Waals surface area contributed by atoms with Gasteiger partial charge in [0.2, 0.25) is 0 Å². The molecule has 5 heteroatoms. The van der Waals surface area contributed by atoms with Crippen LogP contribution in [0.5, 0.6) is 0 Å². The highest BCUT2D eigenvalue weighted by molar-refractivity contribution is 7.18. The predicted octanol–water partition coefficient (Wildman–Crippen LogP) is 5.76. The highest BCUT2D eigenvalue weighted by Gasteiger charge is 2.32. The van der Waals surface area contributed by atoms with Crippen LogP contribution < -0.4 is 0 Å². The van der Waals surface area contributed by atoms with Crippen molar-refractivity contribution in [2.24, 2.45) is 0 Å². The molecule has 0 bridgehead atoms. The number of ether oxygens (including phenoxy) is 1. The predicted molar refractivity (Wildman–Crippen MR) is 108 cm³/mol. The van der Waals surface area contributed by atoms with Crippen molar-refractivity contribution < 1.29 is 14.6 Å². The summed E-state index contributed by atoms with van der Waals surface area (Å²) in [5.74, 6) is -0.957. The summed E-state index contributed by atoms with van der Waals surface area (Å²) in [7, 11) is 0. The largest absolute Gasteiger partial charge is 0.479 e. The Balaban J connectivity index is 0.00000117. The minimum Gasteiger partial charge on any atom is -0.479 e. The molecule has 0 aromatic carbocycles. The van der Waals surface area contributed by atoms with Gasteiger partial charge in [0.05, 0.1) is 5.60 Å². The molecule has 0 radical (unpaired) electrons. The number of fused-ring (bicyclic) bond motifs is 3. The van der Waals surface area contributed by atoms with Crippen LogP contribution in [-0.2, 0) is 22.4 Å². The third-order valence-corrected chi connectivity index (χ3v) is 5.73. The molecule has 2 heterocycles. The van der Waals surface area contributed by atoms with Gasteiger partial charge in [0.1, 0.15) is 4.83 Å². The van der Waals surface area contributed by atoms with Crippen LogP contribution in [0.1, 0.15) is 80.8 Å². The van der Waals surface area contributed by atoms with Crippen LogP contribution in [0.15, 0.2) is 0 Å². The van der Waals surface area contributed by atoms with Crippen molar-refractivity contribution in [1.82, 2.24) is 4.98 Å². The standard InChI is InChI=1S/C19H25NO3S.C2H6/c1-10-14(16(18(21)22)23-19(3,4)5)11(2)20-17-15(10)12-8-6-7-9-13(12)24-17;1-2/h16H,6-9H2,1-5H3,(H,21,22);1-2H3. The number of pyridine rings is 1. The van der Waals surface area contributed by atoms with Gasteiger partial charge in [-0.1, -0.05) is 13.8 Å². The molecule has 144 valence electrons. The number of carbonyl (C=O) groups is 1. The first-order valence-electron chi connectivity index (χ1n) is 9.51. The van der Waals surface area contributed by atoms with E-state index in [4.69, 9.17) is 9.72 Å².